The van der Waals surface area contributed by atoms with Gasteiger partial charge in [-0.25, -0.2) is 0 Å². The standard InChI is InChI=1S/C20H22O/c21-20(19-13-18(19)15-7-2-1-3-8-15)17-12-5-4-11-16(17)14-9-6-10-14/h1-5,7-8,11-12,14,18-21H,6,9-10,13H2. The molecule has 2 aromatic rings. The lowest BCUT2D eigenvalue weighted by Gasteiger charge is -2.29. The van der Waals surface area contributed by atoms with E-state index < -0.39 is 0 Å². The highest BCUT2D eigenvalue weighted by Gasteiger charge is 2.44. The Hall–Kier alpha value is -1.60. The van der Waals surface area contributed by atoms with Crippen LogP contribution in [0.15, 0.2) is 54.6 Å². The fourth-order valence-electron chi connectivity index (χ4n) is 3.75. The summed E-state index contributed by atoms with van der Waals surface area (Å²) < 4.78 is 0. The number of aliphatic hydroxyl groups is 1. The molecule has 0 aromatic heterocycles. The summed E-state index contributed by atoms with van der Waals surface area (Å²) >= 11 is 0. The third kappa shape index (κ3) is 2.40. The summed E-state index contributed by atoms with van der Waals surface area (Å²) in [4.78, 5) is 0. The number of benzene rings is 2. The third-order valence-electron chi connectivity index (χ3n) is 5.33. The Morgan fingerprint density at radius 1 is 0.905 bits per heavy atom. The zero-order chi connectivity index (χ0) is 14.2. The van der Waals surface area contributed by atoms with Crippen molar-refractivity contribution in [2.45, 2.75) is 43.6 Å². The average Bonchev–Trinajstić information content (AvgIpc) is 3.27. The van der Waals surface area contributed by atoms with E-state index in [1.165, 1.54) is 36.0 Å². The van der Waals surface area contributed by atoms with Crippen LogP contribution < -0.4 is 0 Å². The van der Waals surface area contributed by atoms with Crippen molar-refractivity contribution in [1.82, 2.24) is 0 Å². The van der Waals surface area contributed by atoms with E-state index in [9.17, 15) is 5.11 Å². The second-order valence-corrected chi connectivity index (χ2v) is 6.62. The van der Waals surface area contributed by atoms with Crippen LogP contribution in [0.2, 0.25) is 0 Å². The van der Waals surface area contributed by atoms with Crippen LogP contribution in [0.3, 0.4) is 0 Å². The van der Waals surface area contributed by atoms with Crippen LogP contribution in [-0.2, 0) is 0 Å². The second-order valence-electron chi connectivity index (χ2n) is 6.62. The monoisotopic (exact) mass is 278 g/mol. The summed E-state index contributed by atoms with van der Waals surface area (Å²) in [7, 11) is 0. The maximum atomic E-state index is 10.8. The van der Waals surface area contributed by atoms with Crippen LogP contribution in [0.5, 0.6) is 0 Å². The van der Waals surface area contributed by atoms with Crippen molar-refractivity contribution in [2.75, 3.05) is 0 Å². The van der Waals surface area contributed by atoms with Gasteiger partial charge < -0.3 is 5.11 Å². The molecule has 0 aliphatic heterocycles. The molecule has 0 spiro atoms. The fourth-order valence-corrected chi connectivity index (χ4v) is 3.75. The van der Waals surface area contributed by atoms with Crippen molar-refractivity contribution in [3.63, 3.8) is 0 Å². The number of aliphatic hydroxyl groups excluding tert-OH is 1. The molecule has 2 saturated carbocycles. The van der Waals surface area contributed by atoms with Crippen molar-refractivity contribution >= 4 is 0 Å². The Bertz CT molecular complexity index is 615. The molecular weight excluding hydrogens is 256 g/mol. The highest BCUT2D eigenvalue weighted by Crippen LogP contribution is 2.55. The topological polar surface area (TPSA) is 20.2 Å². The van der Waals surface area contributed by atoms with E-state index in [-0.39, 0.29) is 6.10 Å². The van der Waals surface area contributed by atoms with Gasteiger partial charge in [-0.05, 0) is 53.7 Å². The SMILES string of the molecule is OC(c1ccccc1C1CCC1)C1CC1c1ccccc1. The summed E-state index contributed by atoms with van der Waals surface area (Å²) in [6.45, 7) is 0. The number of hydrogen-bond donors (Lipinski definition) is 1. The van der Waals surface area contributed by atoms with Crippen molar-refractivity contribution in [3.05, 3.63) is 71.3 Å². The lowest BCUT2D eigenvalue weighted by atomic mass is 9.77. The van der Waals surface area contributed by atoms with Gasteiger partial charge in [0.25, 0.3) is 0 Å². The molecule has 1 heteroatoms. The minimum atomic E-state index is -0.299. The number of rotatable bonds is 4. The minimum Gasteiger partial charge on any atom is -0.388 e. The van der Waals surface area contributed by atoms with E-state index in [1.807, 2.05) is 0 Å². The lowest BCUT2D eigenvalue weighted by Crippen LogP contribution is -2.14. The number of hydrogen-bond acceptors (Lipinski definition) is 1. The molecule has 2 aliphatic rings. The molecule has 2 aliphatic carbocycles. The largest absolute Gasteiger partial charge is 0.388 e. The summed E-state index contributed by atoms with van der Waals surface area (Å²) in [5.74, 6) is 1.62. The van der Waals surface area contributed by atoms with Crippen LogP contribution in [0.1, 0.15) is 60.3 Å². The molecule has 0 heterocycles. The molecule has 3 atom stereocenters. The summed E-state index contributed by atoms with van der Waals surface area (Å²) in [5.41, 5.74) is 3.96. The molecule has 0 radical (unpaired) electrons. The first kappa shape index (κ1) is 13.1. The Morgan fingerprint density at radius 2 is 1.62 bits per heavy atom. The predicted molar refractivity (Wildman–Crippen MR) is 85.3 cm³/mol. The van der Waals surface area contributed by atoms with Gasteiger partial charge in [-0.2, -0.15) is 0 Å². The maximum absolute atomic E-state index is 10.8. The van der Waals surface area contributed by atoms with Gasteiger partial charge in [0.15, 0.2) is 0 Å². The van der Waals surface area contributed by atoms with Gasteiger partial charge in [0.05, 0.1) is 6.10 Å². The van der Waals surface area contributed by atoms with Crippen molar-refractivity contribution in [1.29, 1.82) is 0 Å². The maximum Gasteiger partial charge on any atom is 0.0827 e. The van der Waals surface area contributed by atoms with Gasteiger partial charge in [-0.15, -0.1) is 0 Å². The smallest absolute Gasteiger partial charge is 0.0827 e. The molecule has 0 amide bonds. The Labute approximate surface area is 126 Å². The van der Waals surface area contributed by atoms with Crippen molar-refractivity contribution < 1.29 is 5.11 Å². The molecule has 0 bridgehead atoms. The zero-order valence-corrected chi connectivity index (χ0v) is 12.3. The molecule has 2 aromatic carbocycles. The summed E-state index contributed by atoms with van der Waals surface area (Å²) in [6, 6.07) is 19.2. The Kier molecular flexibility index (Phi) is 3.31. The van der Waals surface area contributed by atoms with Gasteiger partial charge in [-0.1, -0.05) is 61.0 Å². The van der Waals surface area contributed by atoms with Crippen LogP contribution in [-0.4, -0.2) is 5.11 Å². The molecule has 108 valence electrons. The van der Waals surface area contributed by atoms with E-state index in [2.05, 4.69) is 54.6 Å². The molecule has 4 rings (SSSR count). The fraction of sp³-hybridized carbons (Fsp3) is 0.400. The van der Waals surface area contributed by atoms with Crippen LogP contribution >= 0.6 is 0 Å². The Balaban J connectivity index is 1.55. The third-order valence-corrected chi connectivity index (χ3v) is 5.33. The normalized spacial score (nSPS) is 26.1. The Morgan fingerprint density at radius 3 is 2.33 bits per heavy atom. The highest BCUT2D eigenvalue weighted by atomic mass is 16.3. The van der Waals surface area contributed by atoms with Crippen molar-refractivity contribution in [3.8, 4) is 0 Å². The molecule has 0 saturated heterocycles. The van der Waals surface area contributed by atoms with Crippen LogP contribution in [0.4, 0.5) is 0 Å². The molecule has 21 heavy (non-hydrogen) atoms. The first-order valence-corrected chi connectivity index (χ1v) is 8.16. The van der Waals surface area contributed by atoms with Gasteiger partial charge in [-0.3, -0.25) is 0 Å². The first-order chi connectivity index (χ1) is 10.3. The van der Waals surface area contributed by atoms with E-state index in [0.717, 1.165) is 6.42 Å². The highest BCUT2D eigenvalue weighted by molar-refractivity contribution is 5.36. The minimum absolute atomic E-state index is 0.299. The molecular formula is C20H22O. The molecule has 1 N–H and O–H groups in total. The zero-order valence-electron chi connectivity index (χ0n) is 12.3. The van der Waals surface area contributed by atoms with E-state index in [4.69, 9.17) is 0 Å². The van der Waals surface area contributed by atoms with Gasteiger partial charge >= 0.3 is 0 Å². The van der Waals surface area contributed by atoms with E-state index in [0.29, 0.717) is 17.8 Å². The summed E-state index contributed by atoms with van der Waals surface area (Å²) in [6.07, 6.45) is 4.73. The molecule has 2 fully saturated rings. The molecule has 3 unspecified atom stereocenters. The van der Waals surface area contributed by atoms with E-state index in [1.54, 1.807) is 0 Å². The van der Waals surface area contributed by atoms with Gasteiger partial charge in [0.2, 0.25) is 0 Å². The van der Waals surface area contributed by atoms with Crippen molar-refractivity contribution in [2.24, 2.45) is 5.92 Å². The summed E-state index contributed by atoms with van der Waals surface area (Å²) in [5, 5.41) is 10.8. The van der Waals surface area contributed by atoms with Crippen LogP contribution in [0.25, 0.3) is 0 Å². The quantitative estimate of drug-likeness (QED) is 0.852. The predicted octanol–water partition coefficient (Wildman–Crippen LogP) is 4.79. The lowest BCUT2D eigenvalue weighted by molar-refractivity contribution is 0.149. The molecule has 1 nitrogen and oxygen atoms in total. The van der Waals surface area contributed by atoms with Crippen LogP contribution in [0, 0.1) is 5.92 Å². The average molecular weight is 278 g/mol. The van der Waals surface area contributed by atoms with E-state index >= 15 is 0 Å². The first-order valence-electron chi connectivity index (χ1n) is 8.16. The van der Waals surface area contributed by atoms with Gasteiger partial charge in [0.1, 0.15) is 0 Å². The van der Waals surface area contributed by atoms with Gasteiger partial charge in [0, 0.05) is 0 Å². The second kappa shape index (κ2) is 5.31.